The summed E-state index contributed by atoms with van der Waals surface area (Å²) in [7, 11) is 0. The van der Waals surface area contributed by atoms with Gasteiger partial charge >= 0.3 is 0 Å². The molecule has 0 atom stereocenters. The smallest absolute Gasteiger partial charge is 0.180 e. The van der Waals surface area contributed by atoms with E-state index >= 15 is 0 Å². The number of aryl methyl sites for hydroxylation is 1. The summed E-state index contributed by atoms with van der Waals surface area (Å²) in [5.74, 6) is 0. The Labute approximate surface area is 77.1 Å². The van der Waals surface area contributed by atoms with Gasteiger partial charge in [-0.2, -0.15) is 0 Å². The van der Waals surface area contributed by atoms with Crippen molar-refractivity contribution in [1.29, 1.82) is 0 Å². The van der Waals surface area contributed by atoms with Crippen LogP contribution < -0.4 is 5.43 Å². The SMILES string of the molecule is Cc1cc(=O)cc(C(C)(C)C)s1. The van der Waals surface area contributed by atoms with E-state index in [-0.39, 0.29) is 10.8 Å². The van der Waals surface area contributed by atoms with Gasteiger partial charge in [-0.3, -0.25) is 4.79 Å². The summed E-state index contributed by atoms with van der Waals surface area (Å²) in [6.45, 7) is 8.34. The van der Waals surface area contributed by atoms with Gasteiger partial charge in [0, 0.05) is 9.75 Å². The lowest BCUT2D eigenvalue weighted by molar-refractivity contribution is 0.602. The zero-order valence-corrected chi connectivity index (χ0v) is 8.79. The van der Waals surface area contributed by atoms with E-state index in [9.17, 15) is 4.79 Å². The Morgan fingerprint density at radius 2 is 1.83 bits per heavy atom. The van der Waals surface area contributed by atoms with Crippen molar-refractivity contribution in [3.05, 3.63) is 32.1 Å². The minimum atomic E-state index is 0.0931. The normalized spacial score (nSPS) is 11.7. The van der Waals surface area contributed by atoms with Crippen LogP contribution in [-0.2, 0) is 5.41 Å². The number of hydrogen-bond donors (Lipinski definition) is 0. The molecule has 66 valence electrons. The summed E-state index contributed by atoms with van der Waals surface area (Å²) in [4.78, 5) is 13.4. The fourth-order valence-electron chi connectivity index (χ4n) is 0.973. The van der Waals surface area contributed by atoms with Crippen LogP contribution in [0.2, 0.25) is 0 Å². The third kappa shape index (κ3) is 2.18. The lowest BCUT2D eigenvalue weighted by atomic mass is 9.95. The van der Waals surface area contributed by atoms with Gasteiger partial charge in [0.05, 0.1) is 0 Å². The molecule has 0 bridgehead atoms. The first-order chi connectivity index (χ1) is 5.39. The van der Waals surface area contributed by atoms with Crippen molar-refractivity contribution >= 4 is 11.3 Å². The molecular formula is C10H14OS. The summed E-state index contributed by atoms with van der Waals surface area (Å²) < 4.78 is 0. The van der Waals surface area contributed by atoms with Gasteiger partial charge in [0.2, 0.25) is 0 Å². The number of rotatable bonds is 0. The number of hydrogen-bond acceptors (Lipinski definition) is 2. The lowest BCUT2D eigenvalue weighted by Gasteiger charge is -2.17. The molecular weight excluding hydrogens is 168 g/mol. The fourth-order valence-corrected chi connectivity index (χ4v) is 1.98. The first kappa shape index (κ1) is 9.46. The van der Waals surface area contributed by atoms with Crippen molar-refractivity contribution in [2.75, 3.05) is 0 Å². The molecule has 1 aromatic heterocycles. The fraction of sp³-hybridized carbons (Fsp3) is 0.500. The highest BCUT2D eigenvalue weighted by Gasteiger charge is 2.14. The van der Waals surface area contributed by atoms with Crippen molar-refractivity contribution in [3.8, 4) is 0 Å². The predicted molar refractivity (Wildman–Crippen MR) is 54.0 cm³/mol. The van der Waals surface area contributed by atoms with E-state index in [1.807, 2.05) is 6.92 Å². The Balaban J connectivity index is 3.27. The van der Waals surface area contributed by atoms with Crippen LogP contribution in [0.1, 0.15) is 30.5 Å². The van der Waals surface area contributed by atoms with E-state index in [1.54, 1.807) is 23.5 Å². The maximum atomic E-state index is 11.2. The summed E-state index contributed by atoms with van der Waals surface area (Å²) in [5.41, 5.74) is 0.215. The molecule has 12 heavy (non-hydrogen) atoms. The largest absolute Gasteiger partial charge is 0.290 e. The van der Waals surface area contributed by atoms with Crippen molar-refractivity contribution in [1.82, 2.24) is 0 Å². The molecule has 0 saturated carbocycles. The zero-order chi connectivity index (χ0) is 9.35. The minimum Gasteiger partial charge on any atom is -0.290 e. The molecule has 0 aliphatic heterocycles. The lowest BCUT2D eigenvalue weighted by Crippen LogP contribution is -2.13. The molecule has 0 radical (unpaired) electrons. The average molecular weight is 182 g/mol. The second-order valence-corrected chi connectivity index (χ2v) is 5.31. The Hall–Kier alpha value is -0.630. The highest BCUT2D eigenvalue weighted by Crippen LogP contribution is 2.25. The van der Waals surface area contributed by atoms with E-state index in [0.717, 1.165) is 9.75 Å². The molecule has 0 aliphatic carbocycles. The molecule has 0 fully saturated rings. The molecule has 1 rings (SSSR count). The highest BCUT2D eigenvalue weighted by molar-refractivity contribution is 7.11. The Kier molecular flexibility index (Phi) is 2.38. The first-order valence-corrected chi connectivity index (χ1v) is 4.83. The van der Waals surface area contributed by atoms with Crippen LogP contribution in [0.3, 0.4) is 0 Å². The van der Waals surface area contributed by atoms with Gasteiger partial charge in [-0.1, -0.05) is 20.8 Å². The van der Waals surface area contributed by atoms with Gasteiger partial charge in [-0.25, -0.2) is 0 Å². The van der Waals surface area contributed by atoms with Crippen molar-refractivity contribution in [3.63, 3.8) is 0 Å². The van der Waals surface area contributed by atoms with Gasteiger partial charge in [0.1, 0.15) is 0 Å². The molecule has 1 nitrogen and oxygen atoms in total. The molecule has 2 heteroatoms. The van der Waals surface area contributed by atoms with Gasteiger partial charge in [0.15, 0.2) is 5.43 Å². The van der Waals surface area contributed by atoms with E-state index in [2.05, 4.69) is 20.8 Å². The maximum absolute atomic E-state index is 11.2. The second kappa shape index (κ2) is 3.02. The van der Waals surface area contributed by atoms with Crippen molar-refractivity contribution in [2.45, 2.75) is 33.1 Å². The standard InChI is InChI=1S/C10H14OS/c1-7-5-8(11)6-9(12-7)10(2,3)4/h5-6H,1-4H3. The van der Waals surface area contributed by atoms with E-state index < -0.39 is 0 Å². The predicted octanol–water partition coefficient (Wildman–Crippen LogP) is 2.71. The molecule has 0 aromatic carbocycles. The van der Waals surface area contributed by atoms with Crippen LogP contribution in [-0.4, -0.2) is 0 Å². The second-order valence-electron chi connectivity index (χ2n) is 4.02. The summed E-state index contributed by atoms with van der Waals surface area (Å²) in [5, 5.41) is 0. The molecule has 0 aliphatic rings. The quantitative estimate of drug-likeness (QED) is 0.603. The molecule has 1 heterocycles. The minimum absolute atomic E-state index is 0.0931. The monoisotopic (exact) mass is 182 g/mol. The Bertz CT molecular complexity index is 330. The maximum Gasteiger partial charge on any atom is 0.180 e. The summed E-state index contributed by atoms with van der Waals surface area (Å²) >= 11 is 1.70. The average Bonchev–Trinajstić information content (AvgIpc) is 1.82. The van der Waals surface area contributed by atoms with Gasteiger partial charge < -0.3 is 0 Å². The van der Waals surface area contributed by atoms with Crippen LogP contribution in [0, 0.1) is 6.92 Å². The van der Waals surface area contributed by atoms with Crippen molar-refractivity contribution < 1.29 is 0 Å². The topological polar surface area (TPSA) is 17.1 Å². The van der Waals surface area contributed by atoms with Crippen LogP contribution in [0.15, 0.2) is 16.9 Å². The van der Waals surface area contributed by atoms with Gasteiger partial charge in [-0.05, 0) is 24.5 Å². The van der Waals surface area contributed by atoms with Gasteiger partial charge in [-0.15, -0.1) is 11.3 Å². The van der Waals surface area contributed by atoms with Crippen LogP contribution in [0.5, 0.6) is 0 Å². The molecule has 0 unspecified atom stereocenters. The van der Waals surface area contributed by atoms with Crippen LogP contribution in [0.4, 0.5) is 0 Å². The molecule has 0 amide bonds. The molecule has 0 N–H and O–H groups in total. The Morgan fingerprint density at radius 3 is 2.25 bits per heavy atom. The van der Waals surface area contributed by atoms with Gasteiger partial charge in [0.25, 0.3) is 0 Å². The Morgan fingerprint density at radius 1 is 1.25 bits per heavy atom. The molecule has 0 spiro atoms. The highest BCUT2D eigenvalue weighted by atomic mass is 32.1. The zero-order valence-electron chi connectivity index (χ0n) is 7.97. The summed E-state index contributed by atoms with van der Waals surface area (Å²) in [6, 6.07) is 3.41. The summed E-state index contributed by atoms with van der Waals surface area (Å²) in [6.07, 6.45) is 0. The third-order valence-electron chi connectivity index (χ3n) is 1.63. The van der Waals surface area contributed by atoms with E-state index in [0.29, 0.717) is 0 Å². The molecule has 0 saturated heterocycles. The van der Waals surface area contributed by atoms with E-state index in [1.165, 1.54) is 0 Å². The van der Waals surface area contributed by atoms with Crippen LogP contribution in [0.25, 0.3) is 0 Å². The van der Waals surface area contributed by atoms with Crippen molar-refractivity contribution in [2.24, 2.45) is 0 Å². The van der Waals surface area contributed by atoms with Crippen LogP contribution >= 0.6 is 11.3 Å². The molecule has 1 aromatic rings. The van der Waals surface area contributed by atoms with E-state index in [4.69, 9.17) is 0 Å². The third-order valence-corrected chi connectivity index (χ3v) is 3.02. The first-order valence-electron chi connectivity index (χ1n) is 4.02.